The predicted molar refractivity (Wildman–Crippen MR) is 69.8 cm³/mol. The predicted octanol–water partition coefficient (Wildman–Crippen LogP) is 2.46. The maximum atomic E-state index is 9.63. The summed E-state index contributed by atoms with van der Waals surface area (Å²) >= 11 is 0. The summed E-state index contributed by atoms with van der Waals surface area (Å²) < 4.78 is 0. The van der Waals surface area contributed by atoms with E-state index in [4.69, 9.17) is 5.73 Å². The van der Waals surface area contributed by atoms with Gasteiger partial charge in [0.05, 0.1) is 0 Å². The van der Waals surface area contributed by atoms with Crippen LogP contribution in [0.5, 0.6) is 5.75 Å². The lowest BCUT2D eigenvalue weighted by atomic mass is 10.1. The normalized spacial score (nSPS) is 10.2. The lowest BCUT2D eigenvalue weighted by Gasteiger charge is -2.09. The van der Waals surface area contributed by atoms with Crippen LogP contribution in [0.1, 0.15) is 11.1 Å². The van der Waals surface area contributed by atoms with Gasteiger partial charge in [-0.15, -0.1) is 0 Å². The van der Waals surface area contributed by atoms with Gasteiger partial charge >= 0.3 is 0 Å². The number of benzene rings is 2. The van der Waals surface area contributed by atoms with Crippen LogP contribution >= 0.6 is 0 Å². The average molecular weight is 228 g/mol. The highest BCUT2D eigenvalue weighted by atomic mass is 16.3. The quantitative estimate of drug-likeness (QED) is 0.753. The van der Waals surface area contributed by atoms with E-state index in [1.807, 2.05) is 42.5 Å². The maximum absolute atomic E-state index is 9.63. The number of anilines is 1. The molecule has 0 saturated heterocycles. The second-order valence-electron chi connectivity index (χ2n) is 3.89. The van der Waals surface area contributed by atoms with Crippen LogP contribution in [0.25, 0.3) is 0 Å². The van der Waals surface area contributed by atoms with Crippen molar-refractivity contribution in [2.75, 3.05) is 5.32 Å². The number of nitrogens with one attached hydrogen (secondary N) is 1. The van der Waals surface area contributed by atoms with Crippen LogP contribution in [0.4, 0.5) is 5.69 Å². The second-order valence-corrected chi connectivity index (χ2v) is 3.89. The Balaban J connectivity index is 2.05. The van der Waals surface area contributed by atoms with E-state index < -0.39 is 0 Å². The van der Waals surface area contributed by atoms with Crippen molar-refractivity contribution in [1.29, 1.82) is 0 Å². The van der Waals surface area contributed by atoms with E-state index in [9.17, 15) is 5.11 Å². The molecule has 0 aliphatic rings. The zero-order chi connectivity index (χ0) is 12.1. The molecule has 3 nitrogen and oxygen atoms in total. The Bertz CT molecular complexity index is 497. The van der Waals surface area contributed by atoms with Gasteiger partial charge in [-0.05, 0) is 23.8 Å². The molecule has 0 aliphatic heterocycles. The third kappa shape index (κ3) is 2.98. The van der Waals surface area contributed by atoms with Gasteiger partial charge in [-0.2, -0.15) is 0 Å². The summed E-state index contributed by atoms with van der Waals surface area (Å²) in [6.45, 7) is 1.13. The molecule has 3 heteroatoms. The van der Waals surface area contributed by atoms with E-state index in [1.165, 1.54) is 0 Å². The van der Waals surface area contributed by atoms with E-state index in [2.05, 4.69) is 5.32 Å². The van der Waals surface area contributed by atoms with Crippen molar-refractivity contribution in [3.63, 3.8) is 0 Å². The topological polar surface area (TPSA) is 58.3 Å². The summed E-state index contributed by atoms with van der Waals surface area (Å²) in [4.78, 5) is 0. The van der Waals surface area contributed by atoms with Crippen molar-refractivity contribution in [1.82, 2.24) is 0 Å². The van der Waals surface area contributed by atoms with Gasteiger partial charge in [-0.1, -0.05) is 30.3 Å². The van der Waals surface area contributed by atoms with Gasteiger partial charge in [0, 0.05) is 24.3 Å². The molecule has 0 bridgehead atoms. The fraction of sp³-hybridized carbons (Fsp3) is 0.143. The molecule has 0 atom stereocenters. The van der Waals surface area contributed by atoms with Gasteiger partial charge in [0.15, 0.2) is 0 Å². The van der Waals surface area contributed by atoms with Crippen LogP contribution < -0.4 is 11.1 Å². The molecule has 2 aromatic carbocycles. The summed E-state index contributed by atoms with van der Waals surface area (Å²) in [6, 6.07) is 15.3. The first kappa shape index (κ1) is 11.5. The molecular formula is C14H16N2O. The number of hydrogen-bond acceptors (Lipinski definition) is 3. The third-order valence-corrected chi connectivity index (χ3v) is 2.64. The molecule has 0 fully saturated rings. The maximum Gasteiger partial charge on any atom is 0.120 e. The lowest BCUT2D eigenvalue weighted by molar-refractivity contribution is 0.469. The van der Waals surface area contributed by atoms with E-state index in [1.54, 1.807) is 6.07 Å². The Morgan fingerprint density at radius 3 is 2.65 bits per heavy atom. The fourth-order valence-electron chi connectivity index (χ4n) is 1.67. The molecule has 2 aromatic rings. The molecule has 88 valence electrons. The van der Waals surface area contributed by atoms with Gasteiger partial charge in [0.1, 0.15) is 5.75 Å². The van der Waals surface area contributed by atoms with Crippen molar-refractivity contribution >= 4 is 5.69 Å². The smallest absolute Gasteiger partial charge is 0.120 e. The summed E-state index contributed by atoms with van der Waals surface area (Å²) in [7, 11) is 0. The van der Waals surface area contributed by atoms with Crippen molar-refractivity contribution in [3.8, 4) is 5.75 Å². The molecule has 0 aliphatic carbocycles. The van der Waals surface area contributed by atoms with Gasteiger partial charge in [-0.3, -0.25) is 0 Å². The summed E-state index contributed by atoms with van der Waals surface area (Å²) in [6.07, 6.45) is 0. The van der Waals surface area contributed by atoms with Crippen LogP contribution in [-0.4, -0.2) is 5.11 Å². The molecule has 0 amide bonds. The Morgan fingerprint density at radius 1 is 1.06 bits per heavy atom. The Kier molecular flexibility index (Phi) is 3.62. The lowest BCUT2D eigenvalue weighted by Crippen LogP contribution is -2.01. The molecule has 0 aromatic heterocycles. The molecular weight excluding hydrogens is 212 g/mol. The van der Waals surface area contributed by atoms with Crippen LogP contribution in [0.2, 0.25) is 0 Å². The van der Waals surface area contributed by atoms with E-state index in [0.717, 1.165) is 16.8 Å². The molecule has 0 unspecified atom stereocenters. The molecule has 17 heavy (non-hydrogen) atoms. The third-order valence-electron chi connectivity index (χ3n) is 2.64. The Morgan fingerprint density at radius 2 is 1.88 bits per heavy atom. The number of phenolic OH excluding ortho intramolecular Hbond substituents is 1. The summed E-state index contributed by atoms with van der Waals surface area (Å²) in [5.41, 5.74) is 8.56. The zero-order valence-electron chi connectivity index (χ0n) is 9.56. The van der Waals surface area contributed by atoms with Gasteiger partial charge in [0.2, 0.25) is 0 Å². The van der Waals surface area contributed by atoms with Gasteiger partial charge in [0.25, 0.3) is 0 Å². The zero-order valence-corrected chi connectivity index (χ0v) is 9.56. The number of hydrogen-bond donors (Lipinski definition) is 3. The first-order chi connectivity index (χ1) is 8.29. The number of rotatable bonds is 4. The minimum Gasteiger partial charge on any atom is -0.508 e. The molecule has 2 rings (SSSR count). The Hall–Kier alpha value is -2.00. The SMILES string of the molecule is NCc1cccc(NCc2ccccc2O)c1. The molecule has 0 spiro atoms. The second kappa shape index (κ2) is 5.37. The minimum absolute atomic E-state index is 0.315. The largest absolute Gasteiger partial charge is 0.508 e. The summed E-state index contributed by atoms with van der Waals surface area (Å²) in [5, 5.41) is 12.9. The molecule has 0 radical (unpaired) electrons. The Labute approximate surface area is 101 Å². The molecule has 0 saturated carbocycles. The number of para-hydroxylation sites is 1. The minimum atomic E-state index is 0.315. The highest BCUT2D eigenvalue weighted by Crippen LogP contribution is 2.18. The van der Waals surface area contributed by atoms with Gasteiger partial charge < -0.3 is 16.2 Å². The highest BCUT2D eigenvalue weighted by molar-refractivity contribution is 5.47. The van der Waals surface area contributed by atoms with Crippen LogP contribution in [0.3, 0.4) is 0 Å². The van der Waals surface area contributed by atoms with Crippen molar-refractivity contribution < 1.29 is 5.11 Å². The molecule has 4 N–H and O–H groups in total. The number of phenols is 1. The average Bonchev–Trinajstić information content (AvgIpc) is 2.38. The van der Waals surface area contributed by atoms with E-state index >= 15 is 0 Å². The molecule has 0 heterocycles. The van der Waals surface area contributed by atoms with Crippen LogP contribution in [0.15, 0.2) is 48.5 Å². The van der Waals surface area contributed by atoms with Crippen LogP contribution in [0, 0.1) is 0 Å². The van der Waals surface area contributed by atoms with E-state index in [0.29, 0.717) is 18.8 Å². The standard InChI is InChI=1S/C14H16N2O/c15-9-11-4-3-6-13(8-11)16-10-12-5-1-2-7-14(12)17/h1-8,16-17H,9-10,15H2. The first-order valence-electron chi connectivity index (χ1n) is 5.59. The fourth-order valence-corrected chi connectivity index (χ4v) is 1.67. The van der Waals surface area contributed by atoms with Crippen molar-refractivity contribution in [2.45, 2.75) is 13.1 Å². The first-order valence-corrected chi connectivity index (χ1v) is 5.59. The summed E-state index contributed by atoms with van der Waals surface area (Å²) in [5.74, 6) is 0.315. The monoisotopic (exact) mass is 228 g/mol. The number of aromatic hydroxyl groups is 1. The van der Waals surface area contributed by atoms with E-state index in [-0.39, 0.29) is 0 Å². The highest BCUT2D eigenvalue weighted by Gasteiger charge is 1.99. The van der Waals surface area contributed by atoms with Crippen molar-refractivity contribution in [3.05, 3.63) is 59.7 Å². The number of nitrogens with two attached hydrogens (primary N) is 1. The van der Waals surface area contributed by atoms with Crippen molar-refractivity contribution in [2.24, 2.45) is 5.73 Å². The van der Waals surface area contributed by atoms with Gasteiger partial charge in [-0.25, -0.2) is 0 Å². The van der Waals surface area contributed by atoms with Crippen LogP contribution in [-0.2, 0) is 13.1 Å².